The molecule has 0 saturated heterocycles. The number of rotatable bonds is 3. The predicted molar refractivity (Wildman–Crippen MR) is 80.0 cm³/mol. The smallest absolute Gasteiger partial charge is 0.416 e. The SMILES string of the molecule is O=C(O)Cc1c[nH]c2cc(-c3ccc(C(F)(F)F)cc3)cc(F)c12. The minimum absolute atomic E-state index is 0.174. The third kappa shape index (κ3) is 2.97. The van der Waals surface area contributed by atoms with Crippen molar-refractivity contribution in [3.8, 4) is 11.1 Å². The second kappa shape index (κ2) is 5.67. The number of halogens is 4. The molecule has 3 aromatic rings. The lowest BCUT2D eigenvalue weighted by atomic mass is 10.0. The van der Waals surface area contributed by atoms with Crippen LogP contribution >= 0.6 is 0 Å². The van der Waals surface area contributed by atoms with Crippen LogP contribution in [0.2, 0.25) is 0 Å². The number of nitrogens with one attached hydrogen (secondary N) is 1. The van der Waals surface area contributed by atoms with Crippen LogP contribution < -0.4 is 0 Å². The third-order valence-electron chi connectivity index (χ3n) is 3.70. The zero-order chi connectivity index (χ0) is 17.5. The molecule has 0 aliphatic carbocycles. The Kier molecular flexibility index (Phi) is 3.79. The zero-order valence-electron chi connectivity index (χ0n) is 12.1. The summed E-state index contributed by atoms with van der Waals surface area (Å²) < 4.78 is 52.1. The topological polar surface area (TPSA) is 53.1 Å². The van der Waals surface area contributed by atoms with E-state index in [1.165, 1.54) is 24.4 Å². The summed E-state index contributed by atoms with van der Waals surface area (Å²) in [5.41, 5.74) is 0.752. The highest BCUT2D eigenvalue weighted by Crippen LogP contribution is 2.33. The number of hydrogen-bond acceptors (Lipinski definition) is 1. The van der Waals surface area contributed by atoms with Gasteiger partial charge in [-0.1, -0.05) is 12.1 Å². The summed E-state index contributed by atoms with van der Waals surface area (Å²) in [5, 5.41) is 9.01. The van der Waals surface area contributed by atoms with Gasteiger partial charge in [0.05, 0.1) is 12.0 Å². The van der Waals surface area contributed by atoms with Gasteiger partial charge in [-0.2, -0.15) is 13.2 Å². The van der Waals surface area contributed by atoms with Crippen molar-refractivity contribution in [1.82, 2.24) is 4.98 Å². The second-order valence-electron chi connectivity index (χ2n) is 5.34. The second-order valence-corrected chi connectivity index (χ2v) is 5.34. The molecule has 0 saturated carbocycles. The first-order valence-electron chi connectivity index (χ1n) is 6.94. The molecule has 1 heterocycles. The van der Waals surface area contributed by atoms with Crippen molar-refractivity contribution < 1.29 is 27.5 Å². The highest BCUT2D eigenvalue weighted by Gasteiger charge is 2.30. The van der Waals surface area contributed by atoms with Crippen LogP contribution in [0.15, 0.2) is 42.6 Å². The Labute approximate surface area is 133 Å². The number of benzene rings is 2. The van der Waals surface area contributed by atoms with E-state index in [0.29, 0.717) is 22.2 Å². The number of carbonyl (C=O) groups is 1. The van der Waals surface area contributed by atoms with Gasteiger partial charge < -0.3 is 10.1 Å². The Balaban J connectivity index is 2.03. The summed E-state index contributed by atoms with van der Waals surface area (Å²) in [6, 6.07) is 7.16. The molecule has 24 heavy (non-hydrogen) atoms. The Morgan fingerprint density at radius 2 is 1.75 bits per heavy atom. The van der Waals surface area contributed by atoms with Gasteiger partial charge in [0.2, 0.25) is 0 Å². The molecular weight excluding hydrogens is 326 g/mol. The number of hydrogen-bond donors (Lipinski definition) is 2. The minimum Gasteiger partial charge on any atom is -0.481 e. The molecule has 7 heteroatoms. The van der Waals surface area contributed by atoms with Crippen LogP contribution in [0.1, 0.15) is 11.1 Å². The molecule has 0 aliphatic heterocycles. The van der Waals surface area contributed by atoms with Gasteiger partial charge in [0.1, 0.15) is 5.82 Å². The predicted octanol–water partition coefficient (Wildman–Crippen LogP) is 4.62. The molecule has 1 aromatic heterocycles. The molecule has 0 amide bonds. The summed E-state index contributed by atoms with van der Waals surface area (Å²) in [7, 11) is 0. The minimum atomic E-state index is -4.43. The average Bonchev–Trinajstić information content (AvgIpc) is 2.89. The Morgan fingerprint density at radius 1 is 1.08 bits per heavy atom. The van der Waals surface area contributed by atoms with E-state index in [1.807, 2.05) is 0 Å². The van der Waals surface area contributed by atoms with Crippen LogP contribution in [0.4, 0.5) is 17.6 Å². The van der Waals surface area contributed by atoms with Crippen molar-refractivity contribution in [2.75, 3.05) is 0 Å². The molecule has 0 aliphatic rings. The van der Waals surface area contributed by atoms with Gasteiger partial charge in [-0.25, -0.2) is 4.39 Å². The van der Waals surface area contributed by atoms with E-state index in [4.69, 9.17) is 5.11 Å². The zero-order valence-corrected chi connectivity index (χ0v) is 12.1. The average molecular weight is 337 g/mol. The standard InChI is InChI=1S/C17H11F4NO2/c18-13-5-10(9-1-3-12(4-2-9)17(19,20)21)6-14-16(13)11(8-22-14)7-15(23)24/h1-6,8,22H,7H2,(H,23,24). The van der Waals surface area contributed by atoms with Crippen molar-refractivity contribution in [2.45, 2.75) is 12.6 Å². The summed E-state index contributed by atoms with van der Waals surface area (Å²) in [5.74, 6) is -1.71. The highest BCUT2D eigenvalue weighted by molar-refractivity contribution is 5.90. The molecule has 2 aromatic carbocycles. The molecule has 0 atom stereocenters. The molecule has 3 nitrogen and oxygen atoms in total. The fraction of sp³-hybridized carbons (Fsp3) is 0.118. The van der Waals surface area contributed by atoms with E-state index in [9.17, 15) is 22.4 Å². The van der Waals surface area contributed by atoms with E-state index >= 15 is 0 Å². The molecule has 0 fully saturated rings. The van der Waals surface area contributed by atoms with Crippen molar-refractivity contribution in [3.05, 3.63) is 59.5 Å². The molecule has 2 N–H and O–H groups in total. The number of H-pyrrole nitrogens is 1. The summed E-state index contributed by atoms with van der Waals surface area (Å²) in [6.45, 7) is 0. The van der Waals surface area contributed by atoms with E-state index in [-0.39, 0.29) is 11.8 Å². The lowest BCUT2D eigenvalue weighted by Gasteiger charge is -2.08. The Bertz CT molecular complexity index is 911. The first-order valence-corrected chi connectivity index (χ1v) is 6.94. The highest BCUT2D eigenvalue weighted by atomic mass is 19.4. The largest absolute Gasteiger partial charge is 0.481 e. The maximum absolute atomic E-state index is 14.4. The van der Waals surface area contributed by atoms with Crippen LogP contribution in [0.3, 0.4) is 0 Å². The summed E-state index contributed by atoms with van der Waals surface area (Å²) in [4.78, 5) is 13.6. The van der Waals surface area contributed by atoms with Crippen molar-refractivity contribution >= 4 is 16.9 Å². The first-order chi connectivity index (χ1) is 11.3. The maximum Gasteiger partial charge on any atom is 0.416 e. The summed E-state index contributed by atoms with van der Waals surface area (Å²) in [6.07, 6.45) is -3.34. The molecule has 0 unspecified atom stereocenters. The van der Waals surface area contributed by atoms with Crippen molar-refractivity contribution in [2.24, 2.45) is 0 Å². The molecule has 124 valence electrons. The van der Waals surface area contributed by atoms with Gasteiger partial charge in [-0.3, -0.25) is 4.79 Å². The fourth-order valence-corrected chi connectivity index (χ4v) is 2.60. The number of fused-ring (bicyclic) bond motifs is 1. The van der Waals surface area contributed by atoms with Crippen molar-refractivity contribution in [1.29, 1.82) is 0 Å². The van der Waals surface area contributed by atoms with E-state index < -0.39 is 23.5 Å². The number of aromatic amines is 1. The molecule has 3 rings (SSSR count). The molecule has 0 spiro atoms. The maximum atomic E-state index is 14.4. The van der Waals surface area contributed by atoms with Crippen LogP contribution in [-0.4, -0.2) is 16.1 Å². The van der Waals surface area contributed by atoms with Crippen LogP contribution in [0, 0.1) is 5.82 Å². The van der Waals surface area contributed by atoms with Crippen LogP contribution in [0.25, 0.3) is 22.0 Å². The number of alkyl halides is 3. The van der Waals surface area contributed by atoms with Crippen LogP contribution in [0.5, 0.6) is 0 Å². The van der Waals surface area contributed by atoms with Gasteiger partial charge in [0.15, 0.2) is 0 Å². The van der Waals surface area contributed by atoms with E-state index in [0.717, 1.165) is 12.1 Å². The van der Waals surface area contributed by atoms with Gasteiger partial charge in [0, 0.05) is 17.1 Å². The van der Waals surface area contributed by atoms with Crippen molar-refractivity contribution in [3.63, 3.8) is 0 Å². The quantitative estimate of drug-likeness (QED) is 0.685. The van der Waals surface area contributed by atoms with Crippen LogP contribution in [-0.2, 0) is 17.4 Å². The Hall–Kier alpha value is -2.83. The third-order valence-corrected chi connectivity index (χ3v) is 3.70. The van der Waals surface area contributed by atoms with Gasteiger partial charge in [-0.15, -0.1) is 0 Å². The van der Waals surface area contributed by atoms with E-state index in [1.54, 1.807) is 6.07 Å². The lowest BCUT2D eigenvalue weighted by molar-refractivity contribution is -0.138. The normalized spacial score (nSPS) is 11.8. The lowest BCUT2D eigenvalue weighted by Crippen LogP contribution is -2.04. The van der Waals surface area contributed by atoms with Gasteiger partial charge in [-0.05, 0) is 41.0 Å². The number of carboxylic acids is 1. The molecule has 0 radical (unpaired) electrons. The number of carboxylic acid groups (broad SMARTS) is 1. The van der Waals surface area contributed by atoms with Gasteiger partial charge >= 0.3 is 12.1 Å². The monoisotopic (exact) mass is 337 g/mol. The first kappa shape index (κ1) is 16.0. The summed E-state index contributed by atoms with van der Waals surface area (Å²) >= 11 is 0. The molecular formula is C17H11F4NO2. The number of aliphatic carboxylic acids is 1. The molecule has 0 bridgehead atoms. The van der Waals surface area contributed by atoms with Gasteiger partial charge in [0.25, 0.3) is 0 Å². The Morgan fingerprint density at radius 3 is 2.33 bits per heavy atom. The number of aromatic nitrogens is 1. The fourth-order valence-electron chi connectivity index (χ4n) is 2.60. The van der Waals surface area contributed by atoms with E-state index in [2.05, 4.69) is 4.98 Å².